The van der Waals surface area contributed by atoms with E-state index in [1.165, 1.54) is 18.4 Å². The van der Waals surface area contributed by atoms with Gasteiger partial charge in [-0.15, -0.1) is 0 Å². The lowest BCUT2D eigenvalue weighted by atomic mass is 10.2. The summed E-state index contributed by atoms with van der Waals surface area (Å²) in [6.07, 6.45) is -2.26. The van der Waals surface area contributed by atoms with Crippen molar-refractivity contribution >= 4 is 21.6 Å². The number of amides is 1. The van der Waals surface area contributed by atoms with E-state index in [4.69, 9.17) is 4.42 Å². The molecule has 0 fully saturated rings. The molecule has 2 rings (SSSR count). The molecule has 0 aliphatic carbocycles. The molecular weight excluding hydrogens is 361 g/mol. The maximum atomic E-state index is 12.6. The molecule has 1 aromatic carbocycles. The molecule has 0 saturated heterocycles. The number of benzene rings is 1. The van der Waals surface area contributed by atoms with Gasteiger partial charge >= 0.3 is 6.18 Å². The van der Waals surface area contributed by atoms with Crippen molar-refractivity contribution in [2.45, 2.75) is 6.18 Å². The van der Waals surface area contributed by atoms with Crippen molar-refractivity contribution in [3.8, 4) is 0 Å². The molecule has 1 N–H and O–H groups in total. The number of alkyl halides is 3. The molecule has 0 aliphatic rings. The Bertz CT molecular complexity index is 815. The van der Waals surface area contributed by atoms with Crippen molar-refractivity contribution in [1.82, 2.24) is 5.32 Å². The second-order valence-corrected chi connectivity index (χ2v) is 7.02. The number of rotatable bonds is 6. The third-order valence-corrected chi connectivity index (χ3v) is 4.42. The van der Waals surface area contributed by atoms with E-state index >= 15 is 0 Å². The Labute approximate surface area is 142 Å². The van der Waals surface area contributed by atoms with Gasteiger partial charge < -0.3 is 9.73 Å². The highest BCUT2D eigenvalue weighted by atomic mass is 32.2. The van der Waals surface area contributed by atoms with E-state index in [-0.39, 0.29) is 24.5 Å². The minimum atomic E-state index is -4.51. The average Bonchev–Trinajstić information content (AvgIpc) is 3.04. The quantitative estimate of drug-likeness (QED) is 0.840. The van der Waals surface area contributed by atoms with Gasteiger partial charge in [-0.05, 0) is 36.4 Å². The highest BCUT2D eigenvalue weighted by molar-refractivity contribution is 7.92. The van der Waals surface area contributed by atoms with Crippen molar-refractivity contribution in [2.75, 3.05) is 23.7 Å². The van der Waals surface area contributed by atoms with Crippen LogP contribution in [0.3, 0.4) is 0 Å². The molecule has 10 heteroatoms. The molecule has 0 spiro atoms. The van der Waals surface area contributed by atoms with Crippen LogP contribution in [0.25, 0.3) is 0 Å². The number of sulfonamides is 1. The number of hydrogen-bond donors (Lipinski definition) is 1. The summed E-state index contributed by atoms with van der Waals surface area (Å²) in [4.78, 5) is 11.7. The normalized spacial score (nSPS) is 12.0. The molecule has 1 aromatic heterocycles. The van der Waals surface area contributed by atoms with Gasteiger partial charge in [0.1, 0.15) is 0 Å². The third-order valence-electron chi connectivity index (χ3n) is 3.23. The number of nitrogens with one attached hydrogen (secondary N) is 1. The Morgan fingerprint density at radius 3 is 2.32 bits per heavy atom. The van der Waals surface area contributed by atoms with Gasteiger partial charge in [0.05, 0.1) is 30.3 Å². The number of furan rings is 1. The molecular formula is C15H15F3N2O4S. The molecule has 25 heavy (non-hydrogen) atoms. The second kappa shape index (κ2) is 7.18. The number of halogens is 3. The first-order valence-corrected chi connectivity index (χ1v) is 8.90. The third kappa shape index (κ3) is 4.99. The van der Waals surface area contributed by atoms with E-state index in [0.29, 0.717) is 0 Å². The van der Waals surface area contributed by atoms with Crippen LogP contribution in [-0.2, 0) is 16.2 Å². The van der Waals surface area contributed by atoms with Crippen molar-refractivity contribution in [3.05, 3.63) is 54.0 Å². The molecule has 6 nitrogen and oxygen atoms in total. The van der Waals surface area contributed by atoms with E-state index in [2.05, 4.69) is 5.32 Å². The first kappa shape index (κ1) is 18.8. The van der Waals surface area contributed by atoms with Crippen molar-refractivity contribution in [1.29, 1.82) is 0 Å². The highest BCUT2D eigenvalue weighted by Crippen LogP contribution is 2.30. The summed E-state index contributed by atoms with van der Waals surface area (Å²) in [6.45, 7) is -0.190. The van der Waals surface area contributed by atoms with Gasteiger partial charge in [-0.3, -0.25) is 9.10 Å². The fourth-order valence-electron chi connectivity index (χ4n) is 2.07. The van der Waals surface area contributed by atoms with Gasteiger partial charge in [-0.2, -0.15) is 13.2 Å². The van der Waals surface area contributed by atoms with Crippen LogP contribution < -0.4 is 9.62 Å². The topological polar surface area (TPSA) is 79.6 Å². The Hall–Kier alpha value is -2.49. The van der Waals surface area contributed by atoms with E-state index in [9.17, 15) is 26.4 Å². The molecule has 136 valence electrons. The minimum Gasteiger partial charge on any atom is -0.459 e. The summed E-state index contributed by atoms with van der Waals surface area (Å²) < 4.78 is 67.4. The van der Waals surface area contributed by atoms with Crippen LogP contribution in [0.5, 0.6) is 0 Å². The number of anilines is 1. The summed E-state index contributed by atoms with van der Waals surface area (Å²) in [7, 11) is -3.74. The standard InChI is InChI=1S/C15H15F3N2O4S/c1-25(22,23)20(9-8-19-14(21)13-3-2-10-24-13)12-6-4-11(5-7-12)15(16,17)18/h2-7,10H,8-9H2,1H3,(H,19,21). The van der Waals surface area contributed by atoms with Crippen LogP contribution in [0.15, 0.2) is 47.1 Å². The number of nitrogens with zero attached hydrogens (tertiary/aromatic N) is 1. The molecule has 1 amide bonds. The van der Waals surface area contributed by atoms with Crippen molar-refractivity contribution in [2.24, 2.45) is 0 Å². The highest BCUT2D eigenvalue weighted by Gasteiger charge is 2.30. The second-order valence-electron chi connectivity index (χ2n) is 5.11. The van der Waals surface area contributed by atoms with E-state index in [0.717, 1.165) is 34.8 Å². The Morgan fingerprint density at radius 1 is 1.20 bits per heavy atom. The molecule has 1 heterocycles. The average molecular weight is 376 g/mol. The Morgan fingerprint density at radius 2 is 1.84 bits per heavy atom. The lowest BCUT2D eigenvalue weighted by Gasteiger charge is -2.23. The van der Waals surface area contributed by atoms with Crippen LogP contribution in [0.2, 0.25) is 0 Å². The van der Waals surface area contributed by atoms with Gasteiger partial charge in [-0.25, -0.2) is 8.42 Å². The van der Waals surface area contributed by atoms with Gasteiger partial charge in [0.15, 0.2) is 5.76 Å². The number of carbonyl (C=O) groups excluding carboxylic acids is 1. The SMILES string of the molecule is CS(=O)(=O)N(CCNC(=O)c1ccco1)c1ccc(C(F)(F)F)cc1. The van der Waals surface area contributed by atoms with Crippen molar-refractivity contribution in [3.63, 3.8) is 0 Å². The van der Waals surface area contributed by atoms with Crippen LogP contribution in [0.4, 0.5) is 18.9 Å². The summed E-state index contributed by atoms with van der Waals surface area (Å²) in [5.74, 6) is -0.452. The summed E-state index contributed by atoms with van der Waals surface area (Å²) in [5.41, 5.74) is -0.807. The Kier molecular flexibility index (Phi) is 5.41. The summed E-state index contributed by atoms with van der Waals surface area (Å²) in [5, 5.41) is 2.47. The molecule has 0 saturated carbocycles. The largest absolute Gasteiger partial charge is 0.459 e. The molecule has 2 aromatic rings. The summed E-state index contributed by atoms with van der Waals surface area (Å²) >= 11 is 0. The fourth-order valence-corrected chi connectivity index (χ4v) is 3.00. The van der Waals surface area contributed by atoms with E-state index in [1.54, 1.807) is 0 Å². The van der Waals surface area contributed by atoms with Crippen LogP contribution in [-0.4, -0.2) is 33.7 Å². The molecule has 0 atom stereocenters. The molecule has 0 bridgehead atoms. The summed E-state index contributed by atoms with van der Waals surface area (Å²) in [6, 6.07) is 6.71. The fraction of sp³-hybridized carbons (Fsp3) is 0.267. The van der Waals surface area contributed by atoms with Crippen LogP contribution in [0.1, 0.15) is 16.1 Å². The molecule has 0 radical (unpaired) electrons. The van der Waals surface area contributed by atoms with Crippen LogP contribution >= 0.6 is 0 Å². The maximum Gasteiger partial charge on any atom is 0.416 e. The molecule has 0 aliphatic heterocycles. The van der Waals surface area contributed by atoms with Gasteiger partial charge in [0, 0.05) is 6.54 Å². The van der Waals surface area contributed by atoms with E-state index < -0.39 is 27.7 Å². The van der Waals surface area contributed by atoms with E-state index in [1.807, 2.05) is 0 Å². The molecule has 0 unspecified atom stereocenters. The maximum absolute atomic E-state index is 12.6. The zero-order valence-corrected chi connectivity index (χ0v) is 13.9. The van der Waals surface area contributed by atoms with Crippen LogP contribution in [0, 0.1) is 0 Å². The predicted octanol–water partition coefficient (Wildman–Crippen LogP) is 2.49. The smallest absolute Gasteiger partial charge is 0.416 e. The zero-order valence-electron chi connectivity index (χ0n) is 13.1. The lowest BCUT2D eigenvalue weighted by Crippen LogP contribution is -2.38. The lowest BCUT2D eigenvalue weighted by molar-refractivity contribution is -0.137. The number of hydrogen-bond acceptors (Lipinski definition) is 4. The van der Waals surface area contributed by atoms with Gasteiger partial charge in [0.2, 0.25) is 10.0 Å². The number of carbonyl (C=O) groups is 1. The first-order chi connectivity index (χ1) is 11.6. The zero-order chi connectivity index (χ0) is 18.7. The van der Waals surface area contributed by atoms with Gasteiger partial charge in [0.25, 0.3) is 5.91 Å². The van der Waals surface area contributed by atoms with Crippen molar-refractivity contribution < 1.29 is 30.8 Å². The Balaban J connectivity index is 2.08. The first-order valence-electron chi connectivity index (χ1n) is 7.06. The van der Waals surface area contributed by atoms with Gasteiger partial charge in [-0.1, -0.05) is 0 Å². The predicted molar refractivity (Wildman–Crippen MR) is 84.7 cm³/mol. The monoisotopic (exact) mass is 376 g/mol. The minimum absolute atomic E-state index is 0.0480.